The highest BCUT2D eigenvalue weighted by Crippen LogP contribution is 2.34. The molecule has 2 rings (SSSR count). The fourth-order valence-corrected chi connectivity index (χ4v) is 3.90. The van der Waals surface area contributed by atoms with Crippen LogP contribution in [0.3, 0.4) is 0 Å². The molecule has 21 heavy (non-hydrogen) atoms. The first-order valence-electron chi connectivity index (χ1n) is 6.59. The van der Waals surface area contributed by atoms with Crippen LogP contribution in [0.2, 0.25) is 0 Å². The smallest absolute Gasteiger partial charge is 0.304 e. The Morgan fingerprint density at radius 3 is 2.62 bits per heavy atom. The third-order valence-corrected chi connectivity index (χ3v) is 5.26. The summed E-state index contributed by atoms with van der Waals surface area (Å²) < 4.78 is 24.2. The lowest BCUT2D eigenvalue weighted by molar-refractivity contribution is -0.136. The maximum atomic E-state index is 12.1. The highest BCUT2D eigenvalue weighted by molar-refractivity contribution is 7.91. The molecule has 0 fully saturated rings. The summed E-state index contributed by atoms with van der Waals surface area (Å²) in [4.78, 5) is 23.9. The van der Waals surface area contributed by atoms with Gasteiger partial charge in [-0.2, -0.15) is 0 Å². The van der Waals surface area contributed by atoms with Gasteiger partial charge in [0.15, 0.2) is 9.84 Å². The Balaban J connectivity index is 2.33. The summed E-state index contributed by atoms with van der Waals surface area (Å²) in [5.41, 5.74) is 1.53. The molecular formula is C14H17NO5S. The zero-order valence-corrected chi connectivity index (χ0v) is 12.7. The Kier molecular flexibility index (Phi) is 4.04. The van der Waals surface area contributed by atoms with Gasteiger partial charge < -0.3 is 10.0 Å². The summed E-state index contributed by atoms with van der Waals surface area (Å²) in [6.45, 7) is 3.38. The number of hydrogen-bond acceptors (Lipinski definition) is 4. The van der Waals surface area contributed by atoms with Gasteiger partial charge in [-0.15, -0.1) is 0 Å². The Morgan fingerprint density at radius 1 is 1.38 bits per heavy atom. The molecule has 1 atom stereocenters. The van der Waals surface area contributed by atoms with Crippen LogP contribution in [0.1, 0.15) is 25.8 Å². The number of hydrogen-bond donors (Lipinski definition) is 1. The van der Waals surface area contributed by atoms with Gasteiger partial charge in [-0.1, -0.05) is 0 Å². The summed E-state index contributed by atoms with van der Waals surface area (Å²) >= 11 is 0. The molecule has 0 spiro atoms. The van der Waals surface area contributed by atoms with E-state index in [1.165, 1.54) is 13.0 Å². The van der Waals surface area contributed by atoms with E-state index in [0.717, 1.165) is 11.3 Å². The molecule has 0 aromatic heterocycles. The number of aliphatic carboxylic acids is 1. The zero-order valence-electron chi connectivity index (χ0n) is 11.9. The van der Waals surface area contributed by atoms with Crippen LogP contribution in [0.4, 0.5) is 5.69 Å². The van der Waals surface area contributed by atoms with E-state index >= 15 is 0 Å². The van der Waals surface area contributed by atoms with Gasteiger partial charge in [0.05, 0.1) is 17.1 Å². The molecule has 0 saturated heterocycles. The van der Waals surface area contributed by atoms with Crippen molar-refractivity contribution in [3.05, 3.63) is 23.8 Å². The number of nitrogens with zero attached hydrogens (tertiary/aromatic N) is 1. The Bertz CT molecular complexity index is 695. The van der Waals surface area contributed by atoms with Crippen molar-refractivity contribution >= 4 is 27.4 Å². The second kappa shape index (κ2) is 5.48. The number of carbonyl (C=O) groups excluding carboxylic acids is 1. The molecule has 1 amide bonds. The van der Waals surface area contributed by atoms with Gasteiger partial charge in [-0.3, -0.25) is 9.59 Å². The second-order valence-corrected chi connectivity index (χ2v) is 7.30. The predicted molar refractivity (Wildman–Crippen MR) is 77.1 cm³/mol. The third-order valence-electron chi connectivity index (χ3n) is 3.55. The molecule has 6 nitrogen and oxygen atoms in total. The normalized spacial score (nSPS) is 17.6. The number of rotatable bonds is 4. The van der Waals surface area contributed by atoms with Crippen molar-refractivity contribution in [2.75, 3.05) is 10.7 Å². The van der Waals surface area contributed by atoms with Crippen LogP contribution in [0.5, 0.6) is 0 Å². The summed E-state index contributed by atoms with van der Waals surface area (Å²) in [6.07, 6.45) is 0.173. The van der Waals surface area contributed by atoms with E-state index in [4.69, 9.17) is 5.11 Å². The molecule has 0 aliphatic carbocycles. The van der Waals surface area contributed by atoms with Crippen LogP contribution in [-0.4, -0.2) is 37.2 Å². The highest BCUT2D eigenvalue weighted by atomic mass is 32.2. The van der Waals surface area contributed by atoms with Gasteiger partial charge in [0, 0.05) is 18.7 Å². The number of carboxylic acid groups (broad SMARTS) is 1. The minimum Gasteiger partial charge on any atom is -0.481 e. The maximum absolute atomic E-state index is 12.1. The fraction of sp³-hybridized carbons (Fsp3) is 0.429. The van der Waals surface area contributed by atoms with Crippen LogP contribution in [0, 0.1) is 0 Å². The molecule has 0 saturated carbocycles. The van der Waals surface area contributed by atoms with E-state index in [-0.39, 0.29) is 16.8 Å². The zero-order chi connectivity index (χ0) is 15.8. The van der Waals surface area contributed by atoms with Gasteiger partial charge in [-0.25, -0.2) is 8.42 Å². The number of benzene rings is 1. The molecule has 1 aliphatic rings. The quantitative estimate of drug-likeness (QED) is 0.903. The van der Waals surface area contributed by atoms with Crippen LogP contribution in [0.15, 0.2) is 23.1 Å². The molecular weight excluding hydrogens is 294 g/mol. The lowest BCUT2D eigenvalue weighted by atomic mass is 10.1. The molecule has 0 radical (unpaired) electrons. The lowest BCUT2D eigenvalue weighted by Gasteiger charge is -2.20. The molecule has 1 aromatic rings. The minimum absolute atomic E-state index is 0.00512. The van der Waals surface area contributed by atoms with Gasteiger partial charge in [0.2, 0.25) is 5.91 Å². The van der Waals surface area contributed by atoms with Gasteiger partial charge >= 0.3 is 5.97 Å². The van der Waals surface area contributed by atoms with Crippen molar-refractivity contribution in [3.8, 4) is 0 Å². The standard InChI is InChI=1S/C14H17NO5S/c1-9-7-11-8-12(21(19,20)6-5-14(17)18)3-4-13(11)15(9)10(2)16/h3-4,8-9H,5-7H2,1-2H3,(H,17,18)/t9-/m1/s1. The van der Waals surface area contributed by atoms with Gasteiger partial charge in [0.25, 0.3) is 0 Å². The Morgan fingerprint density at radius 2 is 2.05 bits per heavy atom. The van der Waals surface area contributed by atoms with Gasteiger partial charge in [0.1, 0.15) is 0 Å². The molecule has 1 N–H and O–H groups in total. The fourth-order valence-electron chi connectivity index (χ4n) is 2.62. The average molecular weight is 311 g/mol. The van der Waals surface area contributed by atoms with Crippen LogP contribution in [0.25, 0.3) is 0 Å². The van der Waals surface area contributed by atoms with E-state index in [9.17, 15) is 18.0 Å². The highest BCUT2D eigenvalue weighted by Gasteiger charge is 2.30. The monoisotopic (exact) mass is 311 g/mol. The first-order chi connectivity index (χ1) is 9.72. The summed E-state index contributed by atoms with van der Waals surface area (Å²) in [7, 11) is -3.62. The molecule has 1 aromatic carbocycles. The number of carbonyl (C=O) groups is 2. The first kappa shape index (κ1) is 15.5. The second-order valence-electron chi connectivity index (χ2n) is 5.20. The van der Waals surface area contributed by atoms with E-state index in [2.05, 4.69) is 0 Å². The van der Waals surface area contributed by atoms with Crippen molar-refractivity contribution < 1.29 is 23.1 Å². The summed E-state index contributed by atoms with van der Waals surface area (Å²) in [6, 6.07) is 4.60. The van der Waals surface area contributed by atoms with Crippen LogP contribution >= 0.6 is 0 Å². The molecule has 1 heterocycles. The summed E-state index contributed by atoms with van der Waals surface area (Å²) in [5.74, 6) is -1.65. The molecule has 0 unspecified atom stereocenters. The SMILES string of the molecule is CC(=O)N1c2ccc(S(=O)(=O)CCC(=O)O)cc2C[C@H]1C. The number of fused-ring (bicyclic) bond motifs is 1. The number of anilines is 1. The van der Waals surface area contributed by atoms with Crippen molar-refractivity contribution in [2.24, 2.45) is 0 Å². The number of carboxylic acids is 1. The van der Waals surface area contributed by atoms with Crippen molar-refractivity contribution in [1.29, 1.82) is 0 Å². The summed E-state index contributed by atoms with van der Waals surface area (Å²) in [5, 5.41) is 8.60. The third kappa shape index (κ3) is 3.07. The predicted octanol–water partition coefficient (Wildman–Crippen LogP) is 1.23. The molecule has 114 valence electrons. The minimum atomic E-state index is -3.62. The van der Waals surface area contributed by atoms with Crippen molar-refractivity contribution in [3.63, 3.8) is 0 Å². The largest absolute Gasteiger partial charge is 0.481 e. The van der Waals surface area contributed by atoms with E-state index < -0.39 is 28.0 Å². The molecule has 1 aliphatic heterocycles. The molecule has 7 heteroatoms. The van der Waals surface area contributed by atoms with E-state index in [1.807, 2.05) is 6.92 Å². The number of sulfone groups is 1. The van der Waals surface area contributed by atoms with Gasteiger partial charge in [-0.05, 0) is 37.1 Å². The number of amides is 1. The Labute approximate surface area is 123 Å². The first-order valence-corrected chi connectivity index (χ1v) is 8.25. The molecule has 0 bridgehead atoms. The maximum Gasteiger partial charge on any atom is 0.304 e. The van der Waals surface area contributed by atoms with Crippen molar-refractivity contribution in [2.45, 2.75) is 37.6 Å². The lowest BCUT2D eigenvalue weighted by Crippen LogP contribution is -2.33. The van der Waals surface area contributed by atoms with Crippen molar-refractivity contribution in [1.82, 2.24) is 0 Å². The van der Waals surface area contributed by atoms with Crippen LogP contribution < -0.4 is 4.90 Å². The van der Waals surface area contributed by atoms with Crippen LogP contribution in [-0.2, 0) is 25.8 Å². The Hall–Kier alpha value is -1.89. The average Bonchev–Trinajstić information content (AvgIpc) is 2.71. The topological polar surface area (TPSA) is 91.8 Å². The van der Waals surface area contributed by atoms with E-state index in [0.29, 0.717) is 6.42 Å². The van der Waals surface area contributed by atoms with E-state index in [1.54, 1.807) is 17.0 Å².